The number of rotatable bonds is 5. The summed E-state index contributed by atoms with van der Waals surface area (Å²) in [5, 5.41) is 10.3. The number of aliphatic hydroxyl groups is 1. The fourth-order valence-electron chi connectivity index (χ4n) is 4.77. The molecule has 1 heterocycles. The lowest BCUT2D eigenvalue weighted by molar-refractivity contribution is -0.210. The Bertz CT molecular complexity index is 666. The molecule has 6 heteroatoms. The van der Waals surface area contributed by atoms with Gasteiger partial charge in [0.15, 0.2) is 0 Å². The summed E-state index contributed by atoms with van der Waals surface area (Å²) in [6.07, 6.45) is 3.52. The number of carbonyl (C=O) groups is 1. The number of hydrogen-bond donors (Lipinski definition) is 2. The first-order chi connectivity index (χ1) is 12.5. The van der Waals surface area contributed by atoms with E-state index in [1.165, 1.54) is 12.1 Å². The molecule has 3 aliphatic rings. The summed E-state index contributed by atoms with van der Waals surface area (Å²) >= 11 is 0. The van der Waals surface area contributed by atoms with Gasteiger partial charge in [0.2, 0.25) is 5.91 Å². The Hall–Kier alpha value is -1.50. The maximum absolute atomic E-state index is 13.2. The molecule has 2 aliphatic carbocycles. The second-order valence-electron chi connectivity index (χ2n) is 8.01. The van der Waals surface area contributed by atoms with Crippen LogP contribution in [0.4, 0.5) is 4.39 Å². The number of nitrogens with zero attached hydrogens (tertiary/aromatic N) is 1. The molecule has 0 aromatic heterocycles. The van der Waals surface area contributed by atoms with Gasteiger partial charge in [0, 0.05) is 31.5 Å². The highest BCUT2D eigenvalue weighted by Crippen LogP contribution is 2.53. The van der Waals surface area contributed by atoms with Crippen molar-refractivity contribution in [2.45, 2.75) is 49.7 Å². The summed E-state index contributed by atoms with van der Waals surface area (Å²) in [4.78, 5) is 15.1. The van der Waals surface area contributed by atoms with Crippen molar-refractivity contribution in [3.63, 3.8) is 0 Å². The maximum Gasteiger partial charge on any atom is 0.233 e. The first-order valence-corrected chi connectivity index (χ1v) is 9.57. The van der Waals surface area contributed by atoms with E-state index < -0.39 is 5.41 Å². The van der Waals surface area contributed by atoms with Crippen molar-refractivity contribution >= 4 is 5.91 Å². The molecule has 142 valence electrons. The number of nitrogens with two attached hydrogens (primary N) is 1. The summed E-state index contributed by atoms with van der Waals surface area (Å²) in [5.41, 5.74) is 5.75. The molecule has 2 atom stereocenters. The van der Waals surface area contributed by atoms with E-state index in [0.717, 1.165) is 31.2 Å². The molecule has 3 fully saturated rings. The zero-order chi connectivity index (χ0) is 18.4. The average Bonchev–Trinajstić information content (AvgIpc) is 3.47. The average molecular weight is 362 g/mol. The second-order valence-corrected chi connectivity index (χ2v) is 8.01. The Balaban J connectivity index is 1.42. The predicted molar refractivity (Wildman–Crippen MR) is 95.0 cm³/mol. The minimum Gasteiger partial charge on any atom is -0.392 e. The molecule has 1 amide bonds. The van der Waals surface area contributed by atoms with E-state index in [4.69, 9.17) is 10.5 Å². The smallest absolute Gasteiger partial charge is 0.233 e. The zero-order valence-corrected chi connectivity index (χ0v) is 15.0. The number of hydrogen-bond acceptors (Lipinski definition) is 4. The van der Waals surface area contributed by atoms with Crippen LogP contribution in [-0.4, -0.2) is 54.4 Å². The van der Waals surface area contributed by atoms with Crippen molar-refractivity contribution < 1.29 is 19.0 Å². The van der Waals surface area contributed by atoms with Crippen LogP contribution in [0.1, 0.15) is 37.7 Å². The predicted octanol–water partition coefficient (Wildman–Crippen LogP) is 1.57. The second kappa shape index (κ2) is 6.59. The van der Waals surface area contributed by atoms with Crippen LogP contribution in [0.5, 0.6) is 0 Å². The van der Waals surface area contributed by atoms with Crippen LogP contribution < -0.4 is 5.73 Å². The Kier molecular flexibility index (Phi) is 4.53. The fourth-order valence-corrected chi connectivity index (χ4v) is 4.77. The summed E-state index contributed by atoms with van der Waals surface area (Å²) in [6, 6.07) is 6.33. The monoisotopic (exact) mass is 362 g/mol. The topological polar surface area (TPSA) is 75.8 Å². The summed E-state index contributed by atoms with van der Waals surface area (Å²) < 4.78 is 19.0. The number of carbonyl (C=O) groups excluding carboxylic acids is 1. The first kappa shape index (κ1) is 17.9. The molecule has 1 saturated heterocycles. The third-order valence-corrected chi connectivity index (χ3v) is 6.72. The first-order valence-electron chi connectivity index (χ1n) is 9.57. The van der Waals surface area contributed by atoms with E-state index in [2.05, 4.69) is 0 Å². The molecule has 0 bridgehead atoms. The summed E-state index contributed by atoms with van der Waals surface area (Å²) in [5.74, 6) is -0.133. The third kappa shape index (κ3) is 2.75. The number of amides is 1. The third-order valence-electron chi connectivity index (χ3n) is 6.72. The van der Waals surface area contributed by atoms with E-state index >= 15 is 0 Å². The van der Waals surface area contributed by atoms with Gasteiger partial charge in [-0.25, -0.2) is 4.39 Å². The quantitative estimate of drug-likeness (QED) is 0.834. The van der Waals surface area contributed by atoms with Crippen molar-refractivity contribution in [2.24, 2.45) is 11.1 Å². The number of benzene rings is 1. The Labute approximate surface area is 153 Å². The van der Waals surface area contributed by atoms with Gasteiger partial charge in [0.1, 0.15) is 5.82 Å². The minimum absolute atomic E-state index is 0.0466. The Morgan fingerprint density at radius 2 is 1.88 bits per heavy atom. The largest absolute Gasteiger partial charge is 0.392 e. The van der Waals surface area contributed by atoms with Crippen LogP contribution in [0.2, 0.25) is 0 Å². The van der Waals surface area contributed by atoms with Gasteiger partial charge in [-0.2, -0.15) is 0 Å². The van der Waals surface area contributed by atoms with E-state index in [0.29, 0.717) is 32.7 Å². The summed E-state index contributed by atoms with van der Waals surface area (Å²) in [6.45, 7) is 2.27. The highest BCUT2D eigenvalue weighted by molar-refractivity contribution is 5.91. The number of halogens is 1. The van der Waals surface area contributed by atoms with Crippen LogP contribution in [0.15, 0.2) is 24.3 Å². The van der Waals surface area contributed by atoms with E-state index in [1.54, 1.807) is 12.1 Å². The Morgan fingerprint density at radius 1 is 1.23 bits per heavy atom. The van der Waals surface area contributed by atoms with E-state index in [1.807, 2.05) is 4.90 Å². The lowest BCUT2D eigenvalue weighted by Crippen LogP contribution is -2.63. The summed E-state index contributed by atoms with van der Waals surface area (Å²) in [7, 11) is 0. The fraction of sp³-hybridized carbons (Fsp3) is 0.650. The zero-order valence-electron chi connectivity index (χ0n) is 15.0. The minimum atomic E-state index is -0.466. The van der Waals surface area contributed by atoms with Gasteiger partial charge < -0.3 is 20.5 Å². The molecule has 4 rings (SSSR count). The van der Waals surface area contributed by atoms with Gasteiger partial charge in [-0.05, 0) is 43.4 Å². The lowest BCUT2D eigenvalue weighted by Gasteiger charge is -2.56. The number of aliphatic hydroxyl groups excluding tert-OH is 1. The number of ether oxygens (including phenoxy) is 1. The van der Waals surface area contributed by atoms with E-state index in [9.17, 15) is 14.3 Å². The SMILES string of the molecule is NCCO[C@@H]1C[C@H](O)C12CCN(C(=O)C1(c3ccc(F)cc3)CC1)CC2. The highest BCUT2D eigenvalue weighted by Gasteiger charge is 2.58. The molecular formula is C20H27FN2O3. The normalized spacial score (nSPS) is 28.7. The molecule has 26 heavy (non-hydrogen) atoms. The molecule has 3 N–H and O–H groups in total. The number of piperidine rings is 1. The molecule has 0 radical (unpaired) electrons. The lowest BCUT2D eigenvalue weighted by atomic mass is 9.58. The van der Waals surface area contributed by atoms with Crippen molar-refractivity contribution in [1.82, 2.24) is 4.90 Å². The van der Waals surface area contributed by atoms with Gasteiger partial charge in [-0.15, -0.1) is 0 Å². The van der Waals surface area contributed by atoms with Crippen LogP contribution in [-0.2, 0) is 14.9 Å². The molecule has 2 saturated carbocycles. The van der Waals surface area contributed by atoms with Crippen molar-refractivity contribution in [3.8, 4) is 0 Å². The van der Waals surface area contributed by atoms with Crippen molar-refractivity contribution in [2.75, 3.05) is 26.2 Å². The van der Waals surface area contributed by atoms with Crippen LogP contribution in [0, 0.1) is 11.2 Å². The van der Waals surface area contributed by atoms with Crippen LogP contribution in [0.25, 0.3) is 0 Å². The van der Waals surface area contributed by atoms with Gasteiger partial charge in [0.25, 0.3) is 0 Å². The van der Waals surface area contributed by atoms with Crippen molar-refractivity contribution in [1.29, 1.82) is 0 Å². The van der Waals surface area contributed by atoms with Gasteiger partial charge in [0.05, 0.1) is 24.2 Å². The van der Waals surface area contributed by atoms with E-state index in [-0.39, 0.29) is 29.3 Å². The molecule has 1 spiro atoms. The van der Waals surface area contributed by atoms with Crippen molar-refractivity contribution in [3.05, 3.63) is 35.6 Å². The van der Waals surface area contributed by atoms with Crippen LogP contribution in [0.3, 0.4) is 0 Å². The molecule has 1 aromatic carbocycles. The van der Waals surface area contributed by atoms with Gasteiger partial charge in [-0.1, -0.05) is 12.1 Å². The maximum atomic E-state index is 13.2. The highest BCUT2D eigenvalue weighted by atomic mass is 19.1. The molecule has 1 aromatic rings. The van der Waals surface area contributed by atoms with Crippen LogP contribution >= 0.6 is 0 Å². The molecule has 5 nitrogen and oxygen atoms in total. The molecule has 1 aliphatic heterocycles. The standard InChI is InChI=1S/C20H27FN2O3/c21-15-3-1-14(2-4-15)19(5-6-19)18(25)23-10-7-20(8-11-23)16(24)13-17(20)26-12-9-22/h1-4,16-17,24H,5-13,22H2/t16-,17+/m0/s1. The van der Waals surface area contributed by atoms with Gasteiger partial charge >= 0.3 is 0 Å². The number of likely N-dealkylation sites (tertiary alicyclic amines) is 1. The Morgan fingerprint density at radius 3 is 2.42 bits per heavy atom. The molecular weight excluding hydrogens is 335 g/mol. The van der Waals surface area contributed by atoms with Gasteiger partial charge in [-0.3, -0.25) is 4.79 Å². The molecule has 0 unspecified atom stereocenters.